The van der Waals surface area contributed by atoms with Gasteiger partial charge in [-0.15, -0.1) is 6.58 Å². The second-order valence-corrected chi connectivity index (χ2v) is 17.0. The van der Waals surface area contributed by atoms with Gasteiger partial charge in [0.15, 0.2) is 0 Å². The third kappa shape index (κ3) is 8.20. The van der Waals surface area contributed by atoms with Gasteiger partial charge in [-0.3, -0.25) is 29.4 Å². The summed E-state index contributed by atoms with van der Waals surface area (Å²) in [7, 11) is 0. The smallest absolute Gasteiger partial charge is 0.421 e. The molecule has 5 aromatic rings. The number of aliphatic hydroxyl groups excluding tert-OH is 1. The minimum Gasteiger partial charge on any atom is -0.491 e. The van der Waals surface area contributed by atoms with E-state index in [0.717, 1.165) is 36.2 Å². The zero-order valence-corrected chi connectivity index (χ0v) is 37.0. The number of aliphatic hydroxyl groups is 1. The number of nitro benzene ring substituents is 1. The molecule has 1 spiro atoms. The van der Waals surface area contributed by atoms with Crippen molar-refractivity contribution in [2.24, 2.45) is 5.92 Å². The van der Waals surface area contributed by atoms with E-state index in [1.807, 2.05) is 65.6 Å². The summed E-state index contributed by atoms with van der Waals surface area (Å²) < 4.78 is 18.7. The van der Waals surface area contributed by atoms with Crippen LogP contribution in [0.15, 0.2) is 152 Å². The number of rotatable bonds is 12. The van der Waals surface area contributed by atoms with Crippen molar-refractivity contribution in [2.75, 3.05) is 24.7 Å². The standard InChI is InChI=1S/C54H48N4O10/c1-2-30-55-50(60)45-47-51(61)68-48(39-18-10-5-11-19-39)46(38-16-8-4-9-17-38)57(47)49(41-20-12-13-21-44(41)66-32-31-59)54(45)42-33-36(23-22-35-14-6-3-7-15-35)26-29-43(42)56(52(54)62)53(63)67-34-37-24-27-40(28-25-37)58(64)65/h2,4-5,8-14,16-21,24-29,33,45-49,59H,1,3,6-7,15,30-32,34H2,(H,55,60)/t45-,46-,47-,48+,49+,54-/m1/s1. The lowest BCUT2D eigenvalue weighted by molar-refractivity contribution is -0.384. The van der Waals surface area contributed by atoms with Crippen LogP contribution >= 0.6 is 0 Å². The molecule has 4 aliphatic rings. The number of imide groups is 1. The second-order valence-electron chi connectivity index (χ2n) is 17.0. The van der Waals surface area contributed by atoms with Crippen LogP contribution in [0, 0.1) is 27.9 Å². The lowest BCUT2D eigenvalue weighted by Crippen LogP contribution is -2.55. The summed E-state index contributed by atoms with van der Waals surface area (Å²) in [5.41, 5.74) is 1.74. The first kappa shape index (κ1) is 45.3. The molecule has 0 saturated carbocycles. The van der Waals surface area contributed by atoms with Crippen molar-refractivity contribution in [2.45, 2.75) is 61.9 Å². The topological polar surface area (TPSA) is 178 Å². The Labute approximate surface area is 393 Å². The Balaban J connectivity index is 1.32. The molecule has 1 aliphatic carbocycles. The summed E-state index contributed by atoms with van der Waals surface area (Å²) in [4.78, 5) is 75.6. The molecule has 2 fully saturated rings. The molecule has 3 heterocycles. The number of hydrogen-bond donors (Lipinski definition) is 2. The van der Waals surface area contributed by atoms with Gasteiger partial charge < -0.3 is 24.6 Å². The number of para-hydroxylation sites is 1. The van der Waals surface area contributed by atoms with Crippen LogP contribution in [-0.4, -0.2) is 64.6 Å². The summed E-state index contributed by atoms with van der Waals surface area (Å²) in [6, 6.07) is 32.6. The number of morpholine rings is 1. The van der Waals surface area contributed by atoms with Gasteiger partial charge >= 0.3 is 12.1 Å². The average molecular weight is 913 g/mol. The molecule has 14 heteroatoms. The first-order chi connectivity index (χ1) is 33.2. The Kier molecular flexibility index (Phi) is 13.0. The highest BCUT2D eigenvalue weighted by atomic mass is 16.6. The largest absolute Gasteiger partial charge is 0.491 e. The van der Waals surface area contributed by atoms with Crippen LogP contribution in [0.4, 0.5) is 16.2 Å². The summed E-state index contributed by atoms with van der Waals surface area (Å²) in [6.07, 6.45) is 5.36. The molecule has 14 nitrogen and oxygen atoms in total. The molecule has 3 amide bonds. The highest BCUT2D eigenvalue weighted by Gasteiger charge is 2.76. The first-order valence-corrected chi connectivity index (χ1v) is 22.6. The minimum atomic E-state index is -2.12. The van der Waals surface area contributed by atoms with Crippen molar-refractivity contribution in [3.8, 4) is 17.6 Å². The van der Waals surface area contributed by atoms with E-state index in [1.54, 1.807) is 42.5 Å². The number of cyclic esters (lactones) is 1. The quantitative estimate of drug-likeness (QED) is 0.0406. The number of esters is 1. The molecular weight excluding hydrogens is 865 g/mol. The van der Waals surface area contributed by atoms with Crippen LogP contribution in [0.25, 0.3) is 0 Å². The summed E-state index contributed by atoms with van der Waals surface area (Å²) in [5, 5.41) is 24.4. The number of nitrogens with one attached hydrogen (secondary N) is 1. The van der Waals surface area contributed by atoms with Crippen LogP contribution in [0.2, 0.25) is 0 Å². The van der Waals surface area contributed by atoms with Crippen molar-refractivity contribution in [3.63, 3.8) is 0 Å². The van der Waals surface area contributed by atoms with Crippen molar-refractivity contribution in [1.82, 2.24) is 10.2 Å². The lowest BCUT2D eigenvalue weighted by Gasteiger charge is -2.46. The molecule has 9 rings (SSSR count). The fourth-order valence-electron chi connectivity index (χ4n) is 10.2. The van der Waals surface area contributed by atoms with Crippen molar-refractivity contribution in [3.05, 3.63) is 195 Å². The molecule has 0 aromatic heterocycles. The van der Waals surface area contributed by atoms with Crippen LogP contribution in [0.5, 0.6) is 5.75 Å². The zero-order valence-electron chi connectivity index (χ0n) is 37.0. The van der Waals surface area contributed by atoms with Crippen molar-refractivity contribution < 1.29 is 43.4 Å². The Morgan fingerprint density at radius 2 is 1.63 bits per heavy atom. The molecule has 0 radical (unpaired) electrons. The minimum absolute atomic E-state index is 0.0224. The summed E-state index contributed by atoms with van der Waals surface area (Å²) >= 11 is 0. The fourth-order valence-corrected chi connectivity index (χ4v) is 10.2. The van der Waals surface area contributed by atoms with Gasteiger partial charge in [0, 0.05) is 29.8 Å². The molecule has 6 atom stereocenters. The molecular formula is C54H48N4O10. The Morgan fingerprint density at radius 1 is 0.912 bits per heavy atom. The number of carbonyl (C=O) groups excluding carboxylic acids is 4. The third-order valence-corrected chi connectivity index (χ3v) is 13.1. The molecule has 3 aliphatic heterocycles. The summed E-state index contributed by atoms with van der Waals surface area (Å²) in [6.45, 7) is 2.97. The van der Waals surface area contributed by atoms with E-state index >= 15 is 14.4 Å². The molecule has 2 saturated heterocycles. The molecule has 0 bridgehead atoms. The SMILES string of the molecule is C=CCNC(=O)[C@H]1[C@@H]2C(=O)O[C@@H](c3ccccc3)[C@@H](c3ccccc3)N2[C@@H](c2ccccc2OCCO)[C@]12C(=O)N(C(=O)OCc1ccc([N+](=O)[O-])cc1)c1ccc(C#CC3=CCCCC3)cc12. The van der Waals surface area contributed by atoms with Gasteiger partial charge in [0.05, 0.1) is 35.2 Å². The Hall–Kier alpha value is -7.86. The monoisotopic (exact) mass is 912 g/mol. The normalized spacial score (nSPS) is 22.8. The predicted octanol–water partition coefficient (Wildman–Crippen LogP) is 8.12. The van der Waals surface area contributed by atoms with E-state index in [2.05, 4.69) is 29.8 Å². The van der Waals surface area contributed by atoms with Crippen LogP contribution in [0.3, 0.4) is 0 Å². The van der Waals surface area contributed by atoms with Crippen molar-refractivity contribution >= 4 is 35.3 Å². The number of fused-ring (bicyclic) bond motifs is 3. The Morgan fingerprint density at radius 3 is 2.32 bits per heavy atom. The van der Waals surface area contributed by atoms with Gasteiger partial charge in [-0.05, 0) is 89.9 Å². The second kappa shape index (κ2) is 19.5. The number of ether oxygens (including phenoxy) is 3. The molecule has 344 valence electrons. The number of carbonyl (C=O) groups is 4. The number of amides is 3. The maximum absolute atomic E-state index is 16.5. The van der Waals surface area contributed by atoms with Gasteiger partial charge in [0.25, 0.3) is 5.69 Å². The third-order valence-electron chi connectivity index (χ3n) is 13.1. The highest BCUT2D eigenvalue weighted by Crippen LogP contribution is 2.66. The Bertz CT molecular complexity index is 2860. The number of nitrogens with zero attached hydrogens (tertiary/aromatic N) is 3. The molecule has 5 aromatic carbocycles. The van der Waals surface area contributed by atoms with Crippen LogP contribution in [0.1, 0.15) is 77.3 Å². The van der Waals surface area contributed by atoms with E-state index < -0.39 is 64.4 Å². The maximum atomic E-state index is 16.5. The molecule has 68 heavy (non-hydrogen) atoms. The zero-order chi connectivity index (χ0) is 47.4. The number of non-ortho nitro benzene ring substituents is 1. The number of anilines is 1. The van der Waals surface area contributed by atoms with Crippen LogP contribution < -0.4 is 15.0 Å². The van der Waals surface area contributed by atoms with E-state index in [0.29, 0.717) is 27.8 Å². The van der Waals surface area contributed by atoms with E-state index in [4.69, 9.17) is 14.2 Å². The number of hydrogen-bond acceptors (Lipinski definition) is 11. The maximum Gasteiger partial charge on any atom is 0.421 e. The van der Waals surface area contributed by atoms with Gasteiger partial charge in [0.2, 0.25) is 11.8 Å². The lowest BCUT2D eigenvalue weighted by atomic mass is 9.65. The van der Waals surface area contributed by atoms with Gasteiger partial charge in [0.1, 0.15) is 36.5 Å². The van der Waals surface area contributed by atoms with E-state index in [-0.39, 0.29) is 49.1 Å². The van der Waals surface area contributed by atoms with Gasteiger partial charge in [-0.1, -0.05) is 103 Å². The van der Waals surface area contributed by atoms with Gasteiger partial charge in [-0.25, -0.2) is 9.69 Å². The molecule has 0 unspecified atom stereocenters. The number of nitro groups is 1. The van der Waals surface area contributed by atoms with E-state index in [1.165, 1.54) is 30.3 Å². The predicted molar refractivity (Wildman–Crippen MR) is 251 cm³/mol. The van der Waals surface area contributed by atoms with Crippen molar-refractivity contribution in [1.29, 1.82) is 0 Å². The number of benzene rings is 5. The van der Waals surface area contributed by atoms with Gasteiger partial charge in [-0.2, -0.15) is 0 Å². The average Bonchev–Trinajstić information content (AvgIpc) is 3.83. The summed E-state index contributed by atoms with van der Waals surface area (Å²) in [5.74, 6) is 3.00. The molecule has 2 N–H and O–H groups in total. The fraction of sp³-hybridized carbons (Fsp3) is 0.259. The van der Waals surface area contributed by atoms with Crippen LogP contribution in [-0.2, 0) is 35.9 Å². The highest BCUT2D eigenvalue weighted by molar-refractivity contribution is 6.23. The number of allylic oxidation sites excluding steroid dienone is 2. The first-order valence-electron chi connectivity index (χ1n) is 22.6. The van der Waals surface area contributed by atoms with E-state index in [9.17, 15) is 20.0 Å².